The Morgan fingerprint density at radius 1 is 1.56 bits per heavy atom. The molecule has 2 rings (SSSR count). The van der Waals surface area contributed by atoms with Crippen molar-refractivity contribution in [2.75, 3.05) is 18.8 Å². The van der Waals surface area contributed by atoms with E-state index in [0.29, 0.717) is 6.42 Å². The summed E-state index contributed by atoms with van der Waals surface area (Å²) >= 11 is 0.826. The molecule has 2 heterocycles. The van der Waals surface area contributed by atoms with Crippen LogP contribution in [-0.2, 0) is 10.0 Å². The molecule has 1 unspecified atom stereocenters. The Hall–Kier alpha value is -0.770. The first-order valence-electron chi connectivity index (χ1n) is 4.63. The van der Waals surface area contributed by atoms with Crippen molar-refractivity contribution in [3.8, 4) is 0 Å². The maximum absolute atomic E-state index is 12.0. The second-order valence-corrected chi connectivity index (χ2v) is 7.11. The van der Waals surface area contributed by atoms with Crippen molar-refractivity contribution in [3.05, 3.63) is 0 Å². The minimum atomic E-state index is -3.65. The molecule has 0 amide bonds. The Balaban J connectivity index is 2.28. The molecule has 1 fully saturated rings. The Labute approximate surface area is 97.0 Å². The van der Waals surface area contributed by atoms with Gasteiger partial charge in [-0.3, -0.25) is 0 Å². The van der Waals surface area contributed by atoms with Crippen LogP contribution in [0.1, 0.15) is 13.3 Å². The van der Waals surface area contributed by atoms with Gasteiger partial charge in [0.2, 0.25) is 9.47 Å². The first-order chi connectivity index (χ1) is 7.31. The van der Waals surface area contributed by atoms with E-state index in [0.717, 1.165) is 11.3 Å². The second-order valence-electron chi connectivity index (χ2n) is 3.99. The molecule has 1 atom stereocenters. The van der Waals surface area contributed by atoms with Gasteiger partial charge >= 0.3 is 0 Å². The van der Waals surface area contributed by atoms with E-state index < -0.39 is 15.6 Å². The van der Waals surface area contributed by atoms with Gasteiger partial charge in [-0.2, -0.15) is 4.31 Å². The molecule has 0 bridgehead atoms. The lowest BCUT2D eigenvalue weighted by molar-refractivity contribution is 0.0762. The van der Waals surface area contributed by atoms with Crippen molar-refractivity contribution in [1.29, 1.82) is 0 Å². The fraction of sp³-hybridized carbons (Fsp3) is 0.714. The van der Waals surface area contributed by atoms with Crippen LogP contribution in [0.3, 0.4) is 0 Å². The highest BCUT2D eigenvalue weighted by molar-refractivity contribution is 7.91. The van der Waals surface area contributed by atoms with Crippen molar-refractivity contribution in [2.45, 2.75) is 23.3 Å². The van der Waals surface area contributed by atoms with Crippen molar-refractivity contribution >= 4 is 26.5 Å². The van der Waals surface area contributed by atoms with Crippen LogP contribution < -0.4 is 5.73 Å². The van der Waals surface area contributed by atoms with Gasteiger partial charge in [0.15, 0.2) is 0 Å². The summed E-state index contributed by atoms with van der Waals surface area (Å²) < 4.78 is 25.1. The minimum Gasteiger partial charge on any atom is -0.389 e. The number of nitrogens with two attached hydrogens (primary N) is 1. The number of aliphatic hydroxyl groups is 1. The van der Waals surface area contributed by atoms with E-state index in [1.54, 1.807) is 6.92 Å². The molecule has 9 heteroatoms. The average molecular weight is 264 g/mol. The number of anilines is 1. The van der Waals surface area contributed by atoms with E-state index in [4.69, 9.17) is 5.73 Å². The summed E-state index contributed by atoms with van der Waals surface area (Å²) in [7, 11) is -3.65. The van der Waals surface area contributed by atoms with Gasteiger partial charge in [-0.05, 0) is 13.3 Å². The lowest BCUT2D eigenvalue weighted by atomic mass is 10.1. The van der Waals surface area contributed by atoms with Gasteiger partial charge in [0.25, 0.3) is 10.0 Å². The van der Waals surface area contributed by atoms with Crippen LogP contribution >= 0.6 is 11.3 Å². The molecule has 0 saturated carbocycles. The number of hydrogen-bond donors (Lipinski definition) is 2. The van der Waals surface area contributed by atoms with Gasteiger partial charge in [0.1, 0.15) is 0 Å². The van der Waals surface area contributed by atoms with Gasteiger partial charge in [0.05, 0.1) is 5.60 Å². The number of hydrogen-bond acceptors (Lipinski definition) is 7. The fourth-order valence-corrected chi connectivity index (χ4v) is 4.02. The smallest absolute Gasteiger partial charge is 0.272 e. The van der Waals surface area contributed by atoms with Gasteiger partial charge < -0.3 is 10.8 Å². The lowest BCUT2D eigenvalue weighted by Crippen LogP contribution is -2.33. The van der Waals surface area contributed by atoms with E-state index >= 15 is 0 Å². The number of aromatic nitrogens is 2. The molecule has 0 aliphatic carbocycles. The standard InChI is InChI=1S/C7H12N4O3S2/c1-7(12)2-3-11(4-7)16(13,14)6-10-9-5(8)15-6/h12H,2-4H2,1H3,(H2,8,9). The molecule has 0 spiro atoms. The maximum Gasteiger partial charge on any atom is 0.272 e. The van der Waals surface area contributed by atoms with E-state index in [1.807, 2.05) is 0 Å². The summed E-state index contributed by atoms with van der Waals surface area (Å²) in [5.74, 6) is 0. The summed E-state index contributed by atoms with van der Waals surface area (Å²) in [6.45, 7) is 1.97. The Kier molecular flexibility index (Phi) is 2.65. The fourth-order valence-electron chi connectivity index (χ4n) is 1.54. The largest absolute Gasteiger partial charge is 0.389 e. The van der Waals surface area contributed by atoms with Crippen LogP contribution in [0, 0.1) is 0 Å². The molecule has 0 radical (unpaired) electrons. The van der Waals surface area contributed by atoms with Crippen LogP contribution in [0.15, 0.2) is 4.34 Å². The molecule has 16 heavy (non-hydrogen) atoms. The summed E-state index contributed by atoms with van der Waals surface area (Å²) in [6.07, 6.45) is 0.417. The highest BCUT2D eigenvalue weighted by Gasteiger charge is 2.39. The molecule has 1 aliphatic heterocycles. The molecule has 1 saturated heterocycles. The predicted molar refractivity (Wildman–Crippen MR) is 58.3 cm³/mol. The molecule has 7 nitrogen and oxygen atoms in total. The van der Waals surface area contributed by atoms with E-state index in [-0.39, 0.29) is 22.6 Å². The zero-order chi connectivity index (χ0) is 12.0. The molecule has 90 valence electrons. The zero-order valence-corrected chi connectivity index (χ0v) is 10.3. The van der Waals surface area contributed by atoms with Crippen LogP contribution in [0.5, 0.6) is 0 Å². The van der Waals surface area contributed by atoms with Gasteiger partial charge in [0, 0.05) is 13.1 Å². The summed E-state index contributed by atoms with van der Waals surface area (Å²) in [5.41, 5.74) is 4.37. The van der Waals surface area contributed by atoms with Gasteiger partial charge in [-0.15, -0.1) is 10.2 Å². The van der Waals surface area contributed by atoms with E-state index in [1.165, 1.54) is 4.31 Å². The van der Waals surface area contributed by atoms with Crippen molar-refractivity contribution in [1.82, 2.24) is 14.5 Å². The SMILES string of the molecule is CC1(O)CCN(S(=O)(=O)c2nnc(N)s2)C1. The Morgan fingerprint density at radius 3 is 2.69 bits per heavy atom. The highest BCUT2D eigenvalue weighted by Crippen LogP contribution is 2.28. The number of nitrogen functional groups attached to an aromatic ring is 1. The number of β-amino-alcohol motifs (C(OH)–C–C–N with tert-alkyl or cyclic N) is 1. The lowest BCUT2D eigenvalue weighted by Gasteiger charge is -2.17. The molecular weight excluding hydrogens is 252 g/mol. The molecular formula is C7H12N4O3S2. The predicted octanol–water partition coefficient (Wildman–Crippen LogP) is -0.734. The third-order valence-electron chi connectivity index (χ3n) is 2.40. The first kappa shape index (κ1) is 11.7. The van der Waals surface area contributed by atoms with Crippen LogP contribution in [0.2, 0.25) is 0 Å². The molecule has 1 aromatic rings. The Bertz CT molecular complexity index is 495. The second kappa shape index (κ2) is 3.62. The topological polar surface area (TPSA) is 109 Å². The highest BCUT2D eigenvalue weighted by atomic mass is 32.2. The normalized spacial score (nSPS) is 27.4. The van der Waals surface area contributed by atoms with Crippen molar-refractivity contribution in [3.63, 3.8) is 0 Å². The maximum atomic E-state index is 12.0. The average Bonchev–Trinajstić information content (AvgIpc) is 2.72. The van der Waals surface area contributed by atoms with Gasteiger partial charge in [-0.25, -0.2) is 8.42 Å². The number of nitrogens with zero attached hydrogens (tertiary/aromatic N) is 3. The minimum absolute atomic E-state index is 0.0782. The monoisotopic (exact) mass is 264 g/mol. The third kappa shape index (κ3) is 2.03. The first-order valence-corrected chi connectivity index (χ1v) is 6.88. The van der Waals surface area contributed by atoms with Crippen LogP contribution in [-0.4, -0.2) is 46.7 Å². The van der Waals surface area contributed by atoms with Crippen LogP contribution in [0.25, 0.3) is 0 Å². The van der Waals surface area contributed by atoms with Gasteiger partial charge in [-0.1, -0.05) is 11.3 Å². The number of rotatable bonds is 2. The molecule has 1 aromatic heterocycles. The molecule has 1 aliphatic rings. The van der Waals surface area contributed by atoms with Crippen molar-refractivity contribution in [2.24, 2.45) is 0 Å². The zero-order valence-electron chi connectivity index (χ0n) is 8.62. The van der Waals surface area contributed by atoms with E-state index in [9.17, 15) is 13.5 Å². The summed E-state index contributed by atoms with van der Waals surface area (Å²) in [4.78, 5) is 0. The van der Waals surface area contributed by atoms with E-state index in [2.05, 4.69) is 10.2 Å². The summed E-state index contributed by atoms with van der Waals surface area (Å²) in [6, 6.07) is 0. The van der Waals surface area contributed by atoms with Crippen LogP contribution in [0.4, 0.5) is 5.13 Å². The quantitative estimate of drug-likeness (QED) is 0.728. The number of sulfonamides is 1. The Morgan fingerprint density at radius 2 is 2.25 bits per heavy atom. The third-order valence-corrected chi connectivity index (χ3v) is 5.34. The van der Waals surface area contributed by atoms with Crippen molar-refractivity contribution < 1.29 is 13.5 Å². The molecule has 0 aromatic carbocycles. The molecule has 3 N–H and O–H groups in total. The summed E-state index contributed by atoms with van der Waals surface area (Å²) in [5, 5.41) is 16.8.